The predicted octanol–water partition coefficient (Wildman–Crippen LogP) is 4.73. The zero-order valence-corrected chi connectivity index (χ0v) is 20.6. The number of halogens is 2. The average Bonchev–Trinajstić information content (AvgIpc) is 3.12. The van der Waals surface area contributed by atoms with Gasteiger partial charge in [-0.25, -0.2) is 9.37 Å². The van der Waals surface area contributed by atoms with Crippen LogP contribution in [-0.2, 0) is 6.54 Å². The number of nitrogens with zero attached hydrogens (tertiary/aromatic N) is 4. The first-order valence-corrected chi connectivity index (χ1v) is 12.1. The second kappa shape index (κ2) is 9.49. The lowest BCUT2D eigenvalue weighted by Crippen LogP contribution is -2.57. The molecule has 2 aromatic heterocycles. The van der Waals surface area contributed by atoms with Crippen molar-refractivity contribution in [3.63, 3.8) is 0 Å². The zero-order chi connectivity index (χ0) is 23.8. The molecule has 0 aromatic carbocycles. The lowest BCUT2D eigenvalue weighted by atomic mass is 9.83. The fourth-order valence-corrected chi connectivity index (χ4v) is 5.11. The van der Waals surface area contributed by atoms with E-state index in [2.05, 4.69) is 22.3 Å². The highest BCUT2D eigenvalue weighted by molar-refractivity contribution is 6.36. The van der Waals surface area contributed by atoms with E-state index in [1.807, 2.05) is 11.8 Å². The highest BCUT2D eigenvalue weighted by Crippen LogP contribution is 2.39. The first-order valence-electron chi connectivity index (χ1n) is 11.7. The van der Waals surface area contributed by atoms with Gasteiger partial charge in [-0.3, -0.25) is 9.48 Å². The molecule has 3 heterocycles. The van der Waals surface area contributed by atoms with Crippen LogP contribution in [0.2, 0.25) is 5.02 Å². The van der Waals surface area contributed by atoms with Crippen molar-refractivity contribution < 1.29 is 13.9 Å². The molecule has 2 aromatic rings. The van der Waals surface area contributed by atoms with Crippen LogP contribution in [0.1, 0.15) is 56.9 Å². The summed E-state index contributed by atoms with van der Waals surface area (Å²) in [5.41, 5.74) is 0.241. The Morgan fingerprint density at radius 1 is 1.33 bits per heavy atom. The monoisotopic (exact) mass is 477 g/mol. The van der Waals surface area contributed by atoms with Crippen LogP contribution < -0.4 is 15.0 Å². The van der Waals surface area contributed by atoms with E-state index in [4.69, 9.17) is 16.3 Å². The van der Waals surface area contributed by atoms with Crippen molar-refractivity contribution in [1.29, 1.82) is 0 Å². The van der Waals surface area contributed by atoms with Crippen molar-refractivity contribution in [2.75, 3.05) is 31.6 Å². The van der Waals surface area contributed by atoms with Crippen LogP contribution in [-0.4, -0.2) is 53.1 Å². The van der Waals surface area contributed by atoms with Crippen molar-refractivity contribution in [3.8, 4) is 17.0 Å². The molecule has 1 saturated heterocycles. The Kier molecular flexibility index (Phi) is 6.84. The molecule has 9 heteroatoms. The number of alkyl halides is 1. The summed E-state index contributed by atoms with van der Waals surface area (Å²) in [5.74, 6) is 2.20. The first-order chi connectivity index (χ1) is 15.7. The van der Waals surface area contributed by atoms with Gasteiger partial charge in [0.2, 0.25) is 0 Å². The van der Waals surface area contributed by atoms with Gasteiger partial charge in [-0.1, -0.05) is 31.4 Å². The highest BCUT2D eigenvalue weighted by atomic mass is 35.5. The molecule has 33 heavy (non-hydrogen) atoms. The number of carbonyl (C=O) groups excluding carboxylic acids is 1. The average molecular weight is 478 g/mol. The summed E-state index contributed by atoms with van der Waals surface area (Å²) in [6.45, 7) is 7.55. The molecule has 180 valence electrons. The van der Waals surface area contributed by atoms with Gasteiger partial charge in [-0.2, -0.15) is 5.10 Å². The van der Waals surface area contributed by atoms with Gasteiger partial charge in [0.25, 0.3) is 5.91 Å². The summed E-state index contributed by atoms with van der Waals surface area (Å²) in [7, 11) is 1.57. The molecule has 1 saturated carbocycles. The molecule has 0 bridgehead atoms. The quantitative estimate of drug-likeness (QED) is 0.624. The van der Waals surface area contributed by atoms with E-state index in [-0.39, 0.29) is 16.6 Å². The van der Waals surface area contributed by atoms with Crippen LogP contribution >= 0.6 is 11.6 Å². The van der Waals surface area contributed by atoms with Crippen molar-refractivity contribution in [1.82, 2.24) is 20.1 Å². The number of rotatable bonds is 7. The number of pyridine rings is 1. The summed E-state index contributed by atoms with van der Waals surface area (Å²) < 4.78 is 21.2. The van der Waals surface area contributed by atoms with Gasteiger partial charge in [-0.15, -0.1) is 0 Å². The van der Waals surface area contributed by atoms with Gasteiger partial charge < -0.3 is 15.0 Å². The molecule has 2 fully saturated rings. The lowest BCUT2D eigenvalue weighted by molar-refractivity contribution is 0.0936. The normalized spacial score (nSPS) is 22.1. The van der Waals surface area contributed by atoms with Gasteiger partial charge in [0.15, 0.2) is 5.69 Å². The van der Waals surface area contributed by atoms with E-state index >= 15 is 0 Å². The van der Waals surface area contributed by atoms with Gasteiger partial charge in [-0.05, 0) is 38.5 Å². The van der Waals surface area contributed by atoms with E-state index in [1.165, 1.54) is 12.8 Å². The maximum absolute atomic E-state index is 13.9. The lowest BCUT2D eigenvalue weighted by Gasteiger charge is -2.43. The molecule has 4 rings (SSSR count). The van der Waals surface area contributed by atoms with Gasteiger partial charge in [0, 0.05) is 25.4 Å². The molecule has 0 unspecified atom stereocenters. The summed E-state index contributed by atoms with van der Waals surface area (Å²) >= 11 is 6.70. The van der Waals surface area contributed by atoms with Gasteiger partial charge >= 0.3 is 0 Å². The minimum atomic E-state index is -1.20. The van der Waals surface area contributed by atoms with Gasteiger partial charge in [0.05, 0.1) is 36.5 Å². The molecular weight excluding hydrogens is 445 g/mol. The topological polar surface area (TPSA) is 72.3 Å². The number of ether oxygens (including phenoxy) is 1. The Morgan fingerprint density at radius 3 is 2.64 bits per heavy atom. The Morgan fingerprint density at radius 2 is 2.03 bits per heavy atom. The molecule has 1 N–H and O–H groups in total. The standard InChI is InChI=1S/C24H33ClFN5O2/c1-5-31-22(17-12-27-19(10-18(17)33-4)30-13-24(3,26)14-30)20(25)21(29-31)23(32)28-11-16-8-6-15(2)7-9-16/h10,12,15-16H,5-9,11,13-14H2,1-4H3,(H,28,32). The number of aromatic nitrogens is 3. The Labute approximate surface area is 199 Å². The van der Waals surface area contributed by atoms with Crippen molar-refractivity contribution >= 4 is 23.3 Å². The Balaban J connectivity index is 1.55. The molecule has 1 aliphatic heterocycles. The largest absolute Gasteiger partial charge is 0.496 e. The van der Waals surface area contributed by atoms with E-state index in [1.54, 1.807) is 31.0 Å². The van der Waals surface area contributed by atoms with E-state index in [0.717, 1.165) is 18.8 Å². The Bertz CT molecular complexity index is 1010. The van der Waals surface area contributed by atoms with E-state index < -0.39 is 5.67 Å². The van der Waals surface area contributed by atoms with Crippen molar-refractivity contribution in [2.24, 2.45) is 11.8 Å². The van der Waals surface area contributed by atoms with E-state index in [9.17, 15) is 9.18 Å². The molecule has 7 nitrogen and oxygen atoms in total. The number of carbonyl (C=O) groups is 1. The number of amides is 1. The van der Waals surface area contributed by atoms with Crippen molar-refractivity contribution in [3.05, 3.63) is 23.0 Å². The molecule has 1 amide bonds. The number of nitrogens with one attached hydrogen (secondary N) is 1. The molecule has 1 aliphatic carbocycles. The number of methoxy groups -OCH3 is 1. The molecule has 0 atom stereocenters. The second-order valence-electron chi connectivity index (χ2n) is 9.68. The number of aryl methyl sites for hydroxylation is 1. The molecule has 2 aliphatic rings. The third-order valence-electron chi connectivity index (χ3n) is 6.79. The van der Waals surface area contributed by atoms with Crippen LogP contribution in [0.3, 0.4) is 0 Å². The molecular formula is C24H33ClFN5O2. The number of hydrogen-bond acceptors (Lipinski definition) is 5. The summed E-state index contributed by atoms with van der Waals surface area (Å²) in [6.07, 6.45) is 6.35. The fourth-order valence-electron chi connectivity index (χ4n) is 4.78. The van der Waals surface area contributed by atoms with Crippen LogP contribution in [0.5, 0.6) is 5.75 Å². The van der Waals surface area contributed by atoms with Crippen LogP contribution in [0.25, 0.3) is 11.3 Å². The predicted molar refractivity (Wildman–Crippen MR) is 128 cm³/mol. The SMILES string of the molecule is CCn1nc(C(=O)NCC2CCC(C)CC2)c(Cl)c1-c1cnc(N2CC(C)(F)C2)cc1OC. The summed E-state index contributed by atoms with van der Waals surface area (Å²) in [6, 6.07) is 1.78. The third kappa shape index (κ3) is 4.95. The van der Waals surface area contributed by atoms with Gasteiger partial charge in [0.1, 0.15) is 17.2 Å². The number of anilines is 1. The summed E-state index contributed by atoms with van der Waals surface area (Å²) in [4.78, 5) is 19.3. The maximum atomic E-state index is 13.9. The van der Waals surface area contributed by atoms with Crippen LogP contribution in [0.15, 0.2) is 12.3 Å². The molecule has 0 spiro atoms. The first kappa shape index (κ1) is 23.8. The minimum Gasteiger partial charge on any atom is -0.496 e. The van der Waals surface area contributed by atoms with Crippen LogP contribution in [0.4, 0.5) is 10.2 Å². The number of hydrogen-bond donors (Lipinski definition) is 1. The highest BCUT2D eigenvalue weighted by Gasteiger charge is 2.40. The maximum Gasteiger partial charge on any atom is 0.273 e. The smallest absolute Gasteiger partial charge is 0.273 e. The van der Waals surface area contributed by atoms with Crippen molar-refractivity contribution in [2.45, 2.75) is 58.7 Å². The third-order valence-corrected chi connectivity index (χ3v) is 7.15. The van der Waals surface area contributed by atoms with Crippen LogP contribution in [0, 0.1) is 11.8 Å². The fraction of sp³-hybridized carbons (Fsp3) is 0.625. The minimum absolute atomic E-state index is 0.208. The van der Waals surface area contributed by atoms with E-state index in [0.29, 0.717) is 54.9 Å². The zero-order valence-electron chi connectivity index (χ0n) is 19.8. The second-order valence-corrected chi connectivity index (χ2v) is 10.1. The molecule has 0 radical (unpaired) electrons. The Hall–Kier alpha value is -2.35. The summed E-state index contributed by atoms with van der Waals surface area (Å²) in [5, 5.41) is 7.79.